The lowest BCUT2D eigenvalue weighted by Gasteiger charge is -2.43. The Bertz CT molecular complexity index is 421. The summed E-state index contributed by atoms with van der Waals surface area (Å²) in [7, 11) is 0. The number of nitrogens with zero attached hydrogens (tertiary/aromatic N) is 1. The molecule has 20 heavy (non-hydrogen) atoms. The number of hydrogen-bond donors (Lipinski definition) is 1. The number of carbonyl (C=O) groups is 2. The molecule has 0 spiro atoms. The predicted octanol–water partition coefficient (Wildman–Crippen LogP) is 1.69. The van der Waals surface area contributed by atoms with Gasteiger partial charge in [-0.15, -0.1) is 6.42 Å². The van der Waals surface area contributed by atoms with Crippen LogP contribution < -0.4 is 5.32 Å². The second-order valence-electron chi connectivity index (χ2n) is 5.90. The van der Waals surface area contributed by atoms with Gasteiger partial charge in [0.25, 0.3) is 0 Å². The molecule has 1 N–H and O–H groups in total. The van der Waals surface area contributed by atoms with E-state index in [0.717, 1.165) is 25.7 Å². The molecule has 2 fully saturated rings. The Morgan fingerprint density at radius 2 is 2.00 bits per heavy atom. The van der Waals surface area contributed by atoms with E-state index in [9.17, 15) is 9.59 Å². The number of terminal acetylenes is 1. The first-order valence-electron chi connectivity index (χ1n) is 7.68. The number of piperazine rings is 1. The molecule has 1 heterocycles. The topological polar surface area (TPSA) is 49.4 Å². The van der Waals surface area contributed by atoms with E-state index in [1.54, 1.807) is 11.8 Å². The Morgan fingerprint density at radius 1 is 1.35 bits per heavy atom. The van der Waals surface area contributed by atoms with Gasteiger partial charge in [-0.05, 0) is 32.1 Å². The molecule has 2 aliphatic rings. The second kappa shape index (κ2) is 6.30. The van der Waals surface area contributed by atoms with Gasteiger partial charge in [0.05, 0.1) is 6.04 Å². The fourth-order valence-electron chi connectivity index (χ4n) is 3.42. The molecule has 4 heteroatoms. The lowest BCUT2D eigenvalue weighted by molar-refractivity contribution is -0.152. The number of rotatable bonds is 3. The van der Waals surface area contributed by atoms with E-state index in [-0.39, 0.29) is 29.8 Å². The Morgan fingerprint density at radius 3 is 2.55 bits per heavy atom. The molecule has 3 atom stereocenters. The first-order valence-corrected chi connectivity index (χ1v) is 7.68. The lowest BCUT2D eigenvalue weighted by atomic mass is 9.82. The van der Waals surface area contributed by atoms with Gasteiger partial charge in [-0.25, -0.2) is 0 Å². The highest BCUT2D eigenvalue weighted by Gasteiger charge is 2.43. The van der Waals surface area contributed by atoms with E-state index >= 15 is 0 Å². The minimum absolute atomic E-state index is 0.00815. The van der Waals surface area contributed by atoms with Crippen molar-refractivity contribution >= 4 is 11.8 Å². The zero-order valence-corrected chi connectivity index (χ0v) is 12.4. The van der Waals surface area contributed by atoms with Crippen molar-refractivity contribution < 1.29 is 9.59 Å². The van der Waals surface area contributed by atoms with Gasteiger partial charge >= 0.3 is 0 Å². The molecule has 2 amide bonds. The molecule has 110 valence electrons. The van der Waals surface area contributed by atoms with Gasteiger partial charge in [0.1, 0.15) is 12.1 Å². The molecular weight excluding hydrogens is 252 g/mol. The van der Waals surface area contributed by atoms with Crippen LogP contribution in [-0.4, -0.2) is 34.8 Å². The van der Waals surface area contributed by atoms with E-state index in [2.05, 4.69) is 11.2 Å². The van der Waals surface area contributed by atoms with Gasteiger partial charge in [-0.1, -0.05) is 32.1 Å². The summed E-state index contributed by atoms with van der Waals surface area (Å²) < 4.78 is 0. The molecule has 0 radical (unpaired) electrons. The third-order valence-corrected chi connectivity index (χ3v) is 4.65. The lowest BCUT2D eigenvalue weighted by Crippen LogP contribution is -2.66. The van der Waals surface area contributed by atoms with Crippen LogP contribution in [0.15, 0.2) is 0 Å². The van der Waals surface area contributed by atoms with Crippen molar-refractivity contribution in [2.24, 2.45) is 5.92 Å². The molecule has 0 bridgehead atoms. The van der Waals surface area contributed by atoms with Crippen LogP contribution in [0.5, 0.6) is 0 Å². The van der Waals surface area contributed by atoms with Crippen LogP contribution in [0, 0.1) is 18.3 Å². The van der Waals surface area contributed by atoms with Crippen LogP contribution in [0.1, 0.15) is 52.4 Å². The summed E-state index contributed by atoms with van der Waals surface area (Å²) in [4.78, 5) is 26.5. The molecule has 4 nitrogen and oxygen atoms in total. The first-order chi connectivity index (χ1) is 9.60. The monoisotopic (exact) mass is 276 g/mol. The molecular formula is C16H24N2O2. The quantitative estimate of drug-likeness (QED) is 0.798. The van der Waals surface area contributed by atoms with Gasteiger partial charge in [-0.3, -0.25) is 9.59 Å². The van der Waals surface area contributed by atoms with E-state index < -0.39 is 6.04 Å². The highest BCUT2D eigenvalue weighted by atomic mass is 16.2. The summed E-state index contributed by atoms with van der Waals surface area (Å²) in [5, 5.41) is 2.92. The zero-order chi connectivity index (χ0) is 14.7. The largest absolute Gasteiger partial charge is 0.342 e. The van der Waals surface area contributed by atoms with Gasteiger partial charge in [0.15, 0.2) is 0 Å². The zero-order valence-electron chi connectivity index (χ0n) is 12.4. The van der Waals surface area contributed by atoms with Crippen LogP contribution in [0.3, 0.4) is 0 Å². The van der Waals surface area contributed by atoms with E-state index in [4.69, 9.17) is 6.42 Å². The van der Waals surface area contributed by atoms with Gasteiger partial charge in [-0.2, -0.15) is 0 Å². The molecule has 2 rings (SSSR count). The molecule has 0 aromatic heterocycles. The van der Waals surface area contributed by atoms with E-state index in [1.807, 2.05) is 6.92 Å². The fraction of sp³-hybridized carbons (Fsp3) is 0.750. The molecule has 1 saturated heterocycles. The number of carbonyl (C=O) groups excluding carboxylic acids is 2. The summed E-state index contributed by atoms with van der Waals surface area (Å²) in [6.07, 6.45) is 11.8. The van der Waals surface area contributed by atoms with Crippen molar-refractivity contribution in [2.45, 2.75) is 70.5 Å². The molecule has 1 saturated carbocycles. The molecule has 0 aromatic rings. The average molecular weight is 276 g/mol. The Kier molecular flexibility index (Phi) is 4.69. The Balaban J connectivity index is 2.21. The van der Waals surface area contributed by atoms with Gasteiger partial charge in [0, 0.05) is 0 Å². The summed E-state index contributed by atoms with van der Waals surface area (Å²) in [5.41, 5.74) is 0. The summed E-state index contributed by atoms with van der Waals surface area (Å²) >= 11 is 0. The SMILES string of the molecule is C#CC(CC)N1C(=O)C(C2CCCCC2)NC(=O)C1C. The van der Waals surface area contributed by atoms with Crippen molar-refractivity contribution in [3.8, 4) is 12.3 Å². The summed E-state index contributed by atoms with van der Waals surface area (Å²) in [6.45, 7) is 3.71. The molecule has 1 aliphatic carbocycles. The molecule has 0 aromatic carbocycles. The van der Waals surface area contributed by atoms with Gasteiger partial charge < -0.3 is 10.2 Å². The third-order valence-electron chi connectivity index (χ3n) is 4.65. The Labute approximate surface area is 121 Å². The summed E-state index contributed by atoms with van der Waals surface area (Å²) in [5.74, 6) is 2.85. The van der Waals surface area contributed by atoms with Crippen molar-refractivity contribution in [1.82, 2.24) is 10.2 Å². The maximum atomic E-state index is 12.8. The van der Waals surface area contributed by atoms with E-state index in [0.29, 0.717) is 6.42 Å². The maximum absolute atomic E-state index is 12.8. The van der Waals surface area contributed by atoms with Gasteiger partial charge in [0.2, 0.25) is 11.8 Å². The van der Waals surface area contributed by atoms with Crippen LogP contribution >= 0.6 is 0 Å². The average Bonchev–Trinajstić information content (AvgIpc) is 2.48. The van der Waals surface area contributed by atoms with Crippen molar-refractivity contribution in [2.75, 3.05) is 0 Å². The van der Waals surface area contributed by atoms with Crippen LogP contribution in [0.2, 0.25) is 0 Å². The predicted molar refractivity (Wildman–Crippen MR) is 77.7 cm³/mol. The summed E-state index contributed by atoms with van der Waals surface area (Å²) in [6, 6.07) is -1.13. The van der Waals surface area contributed by atoms with Crippen LogP contribution in [0.25, 0.3) is 0 Å². The van der Waals surface area contributed by atoms with Crippen LogP contribution in [-0.2, 0) is 9.59 Å². The second-order valence-corrected chi connectivity index (χ2v) is 5.90. The smallest absolute Gasteiger partial charge is 0.247 e. The van der Waals surface area contributed by atoms with Crippen molar-refractivity contribution in [1.29, 1.82) is 0 Å². The Hall–Kier alpha value is -1.50. The number of amides is 2. The molecule has 3 unspecified atom stereocenters. The third kappa shape index (κ3) is 2.67. The fourth-order valence-corrected chi connectivity index (χ4v) is 3.42. The maximum Gasteiger partial charge on any atom is 0.247 e. The standard InChI is InChI=1S/C16H24N2O2/c1-4-13(5-2)18-11(3)15(19)17-14(16(18)20)12-9-7-6-8-10-12/h1,11-14H,5-10H2,2-3H3,(H,17,19). The molecule has 1 aliphatic heterocycles. The normalized spacial score (nSPS) is 29.8. The van der Waals surface area contributed by atoms with Crippen LogP contribution in [0.4, 0.5) is 0 Å². The van der Waals surface area contributed by atoms with Crippen molar-refractivity contribution in [3.05, 3.63) is 0 Å². The minimum atomic E-state index is -0.469. The first kappa shape index (κ1) is 14.9. The number of nitrogens with one attached hydrogen (secondary N) is 1. The van der Waals surface area contributed by atoms with Crippen molar-refractivity contribution in [3.63, 3.8) is 0 Å². The highest BCUT2D eigenvalue weighted by Crippen LogP contribution is 2.30. The van der Waals surface area contributed by atoms with E-state index in [1.165, 1.54) is 6.42 Å². The number of hydrogen-bond acceptors (Lipinski definition) is 2. The highest BCUT2D eigenvalue weighted by molar-refractivity contribution is 5.97. The minimum Gasteiger partial charge on any atom is -0.342 e.